The lowest BCUT2D eigenvalue weighted by molar-refractivity contribution is 0.0576. The Kier molecular flexibility index (Phi) is 2.98. The molecule has 0 bridgehead atoms. The van der Waals surface area contributed by atoms with E-state index in [0.29, 0.717) is 21.8 Å². The topological polar surface area (TPSA) is 66.2 Å². The number of para-hydroxylation sites is 2. The van der Waals surface area contributed by atoms with E-state index in [1.165, 1.54) is 4.68 Å². The predicted molar refractivity (Wildman–Crippen MR) is 69.4 cm³/mol. The number of halogens is 1. The summed E-state index contributed by atoms with van der Waals surface area (Å²) in [7, 11) is 1.66. The van der Waals surface area contributed by atoms with Crippen LogP contribution in [0, 0.1) is 0 Å². The summed E-state index contributed by atoms with van der Waals surface area (Å²) in [4.78, 5) is 12.4. The third kappa shape index (κ3) is 2.10. The first-order valence-electron chi connectivity index (χ1n) is 5.64. The van der Waals surface area contributed by atoms with E-state index in [-0.39, 0.29) is 12.4 Å². The van der Waals surface area contributed by atoms with Gasteiger partial charge in [-0.25, -0.2) is 4.68 Å². The summed E-state index contributed by atoms with van der Waals surface area (Å²) in [6.45, 7) is 0.174. The van der Waals surface area contributed by atoms with Crippen molar-refractivity contribution in [3.63, 3.8) is 0 Å². The molecule has 2 aromatic rings. The second kappa shape index (κ2) is 4.65. The number of rotatable bonds is 2. The Hall–Kier alpha value is -1.89. The van der Waals surface area contributed by atoms with Crippen LogP contribution in [0.1, 0.15) is 10.5 Å². The minimum Gasteiger partial charge on any atom is -0.485 e. The monoisotopic (exact) mass is 323 g/mol. The van der Waals surface area contributed by atoms with Gasteiger partial charge in [0.2, 0.25) is 5.78 Å². The maximum Gasteiger partial charge on any atom is 0.227 e. The number of Topliss-reactive ketones (excluding diaryl/α,β-unsaturated/α-hetero) is 1. The summed E-state index contributed by atoms with van der Waals surface area (Å²) in [6, 6.07) is 7.26. The molecule has 1 aliphatic heterocycles. The van der Waals surface area contributed by atoms with Gasteiger partial charge < -0.3 is 9.47 Å². The van der Waals surface area contributed by atoms with Gasteiger partial charge >= 0.3 is 0 Å². The molecule has 7 heteroatoms. The highest BCUT2D eigenvalue weighted by atomic mass is 79.9. The van der Waals surface area contributed by atoms with Crippen LogP contribution < -0.4 is 9.47 Å². The lowest BCUT2D eigenvalue weighted by Crippen LogP contribution is -2.37. The number of aromatic nitrogens is 3. The third-order valence-electron chi connectivity index (χ3n) is 2.82. The second-order valence-corrected chi connectivity index (χ2v) is 4.83. The summed E-state index contributed by atoms with van der Waals surface area (Å²) in [6.07, 6.45) is -0.691. The van der Waals surface area contributed by atoms with Crippen LogP contribution in [0.15, 0.2) is 28.9 Å². The van der Waals surface area contributed by atoms with Crippen LogP contribution in [-0.2, 0) is 7.05 Å². The van der Waals surface area contributed by atoms with E-state index < -0.39 is 6.10 Å². The van der Waals surface area contributed by atoms with Gasteiger partial charge in [0.15, 0.2) is 22.2 Å². The number of ketones is 1. The van der Waals surface area contributed by atoms with Crippen molar-refractivity contribution in [3.05, 3.63) is 34.6 Å². The van der Waals surface area contributed by atoms with Crippen LogP contribution in [0.2, 0.25) is 0 Å². The van der Waals surface area contributed by atoms with Gasteiger partial charge in [0.1, 0.15) is 12.3 Å². The van der Waals surface area contributed by atoms with Gasteiger partial charge in [-0.05, 0) is 28.1 Å². The number of carbonyl (C=O) groups is 1. The quantitative estimate of drug-likeness (QED) is 0.785. The molecule has 98 valence electrons. The molecule has 1 aromatic carbocycles. The Morgan fingerprint density at radius 1 is 1.42 bits per heavy atom. The fraction of sp³-hybridized carbons (Fsp3) is 0.250. The van der Waals surface area contributed by atoms with E-state index in [1.807, 2.05) is 12.1 Å². The first kappa shape index (κ1) is 12.2. The zero-order valence-electron chi connectivity index (χ0n) is 10.0. The maximum atomic E-state index is 12.4. The molecular weight excluding hydrogens is 314 g/mol. The molecule has 1 aliphatic rings. The number of ether oxygens (including phenoxy) is 2. The van der Waals surface area contributed by atoms with Crippen molar-refractivity contribution in [3.8, 4) is 11.5 Å². The summed E-state index contributed by atoms with van der Waals surface area (Å²) in [5.74, 6) is 1.00. The number of benzene rings is 1. The van der Waals surface area contributed by atoms with E-state index in [4.69, 9.17) is 9.47 Å². The third-order valence-corrected chi connectivity index (χ3v) is 3.35. The highest BCUT2D eigenvalue weighted by molar-refractivity contribution is 9.10. The summed E-state index contributed by atoms with van der Waals surface area (Å²) in [5.41, 5.74) is 0.369. The molecule has 0 fully saturated rings. The minimum absolute atomic E-state index is 0.174. The first-order valence-corrected chi connectivity index (χ1v) is 6.44. The van der Waals surface area contributed by atoms with E-state index in [1.54, 1.807) is 19.2 Å². The molecular formula is C12H10BrN3O3. The summed E-state index contributed by atoms with van der Waals surface area (Å²) >= 11 is 3.20. The number of aryl methyl sites for hydroxylation is 1. The minimum atomic E-state index is -0.691. The van der Waals surface area contributed by atoms with Crippen molar-refractivity contribution in [2.75, 3.05) is 6.61 Å². The molecule has 19 heavy (non-hydrogen) atoms. The van der Waals surface area contributed by atoms with Gasteiger partial charge in [-0.3, -0.25) is 4.79 Å². The van der Waals surface area contributed by atoms with Crippen LogP contribution in [0.4, 0.5) is 0 Å². The van der Waals surface area contributed by atoms with Crippen molar-refractivity contribution >= 4 is 21.7 Å². The molecule has 0 N–H and O–H groups in total. The normalized spacial score (nSPS) is 17.3. The van der Waals surface area contributed by atoms with Crippen LogP contribution >= 0.6 is 15.9 Å². The Morgan fingerprint density at radius 3 is 2.84 bits per heavy atom. The molecule has 0 aliphatic carbocycles. The lowest BCUT2D eigenvalue weighted by atomic mass is 10.1. The van der Waals surface area contributed by atoms with Gasteiger partial charge in [0.05, 0.1) is 0 Å². The lowest BCUT2D eigenvalue weighted by Gasteiger charge is -2.25. The number of hydrogen-bond acceptors (Lipinski definition) is 5. The highest BCUT2D eigenvalue weighted by Crippen LogP contribution is 2.32. The van der Waals surface area contributed by atoms with Crippen LogP contribution in [0.5, 0.6) is 11.5 Å². The largest absolute Gasteiger partial charge is 0.485 e. The van der Waals surface area contributed by atoms with Gasteiger partial charge in [0, 0.05) is 7.05 Å². The van der Waals surface area contributed by atoms with Crippen LogP contribution in [0.25, 0.3) is 0 Å². The fourth-order valence-electron chi connectivity index (χ4n) is 1.89. The Balaban J connectivity index is 1.88. The second-order valence-electron chi connectivity index (χ2n) is 4.08. The van der Waals surface area contributed by atoms with Crippen molar-refractivity contribution in [2.24, 2.45) is 7.05 Å². The average Bonchev–Trinajstić information content (AvgIpc) is 2.77. The van der Waals surface area contributed by atoms with Crippen molar-refractivity contribution in [1.82, 2.24) is 15.0 Å². The number of fused-ring (bicyclic) bond motifs is 1. The van der Waals surface area contributed by atoms with Gasteiger partial charge in [0.25, 0.3) is 0 Å². The van der Waals surface area contributed by atoms with Crippen molar-refractivity contribution < 1.29 is 14.3 Å². The zero-order chi connectivity index (χ0) is 13.4. The molecule has 3 rings (SSSR count). The summed E-state index contributed by atoms with van der Waals surface area (Å²) < 4.78 is 13.0. The molecule has 6 nitrogen and oxygen atoms in total. The highest BCUT2D eigenvalue weighted by Gasteiger charge is 2.31. The van der Waals surface area contributed by atoms with E-state index in [0.717, 1.165) is 0 Å². The molecule has 1 aromatic heterocycles. The molecule has 0 saturated heterocycles. The predicted octanol–water partition coefficient (Wildman–Crippen LogP) is 1.60. The van der Waals surface area contributed by atoms with Crippen molar-refractivity contribution in [1.29, 1.82) is 0 Å². The molecule has 0 amide bonds. The molecule has 1 atom stereocenters. The van der Waals surface area contributed by atoms with Gasteiger partial charge in [-0.2, -0.15) is 0 Å². The maximum absolute atomic E-state index is 12.4. The van der Waals surface area contributed by atoms with E-state index in [9.17, 15) is 4.79 Å². The van der Waals surface area contributed by atoms with E-state index >= 15 is 0 Å². The Labute approximate surface area is 117 Å². The molecule has 0 saturated carbocycles. The number of carbonyl (C=O) groups excluding carboxylic acids is 1. The number of nitrogens with zero attached hydrogens (tertiary/aromatic N) is 3. The summed E-state index contributed by atoms with van der Waals surface area (Å²) in [5, 5.41) is 7.57. The number of hydrogen-bond donors (Lipinski definition) is 0. The smallest absolute Gasteiger partial charge is 0.227 e. The average molecular weight is 324 g/mol. The van der Waals surface area contributed by atoms with Gasteiger partial charge in [-0.1, -0.05) is 17.3 Å². The Morgan fingerprint density at radius 2 is 2.16 bits per heavy atom. The SMILES string of the molecule is Cn1nnc(Br)c1C(=O)C1COc2ccccc2O1. The molecule has 2 heterocycles. The molecule has 0 radical (unpaired) electrons. The van der Waals surface area contributed by atoms with Crippen molar-refractivity contribution in [2.45, 2.75) is 6.10 Å². The van der Waals surface area contributed by atoms with E-state index in [2.05, 4.69) is 26.2 Å². The molecule has 1 unspecified atom stereocenters. The zero-order valence-corrected chi connectivity index (χ0v) is 11.6. The standard InChI is InChI=1S/C12H10BrN3O3/c1-16-10(12(13)14-15-16)11(17)9-6-18-7-4-2-3-5-8(7)19-9/h2-5,9H,6H2,1H3. The first-order chi connectivity index (χ1) is 9.16. The van der Waals surface area contributed by atoms with Crippen LogP contribution in [-0.4, -0.2) is 33.5 Å². The molecule has 0 spiro atoms. The van der Waals surface area contributed by atoms with Crippen LogP contribution in [0.3, 0.4) is 0 Å². The van der Waals surface area contributed by atoms with Gasteiger partial charge in [-0.15, -0.1) is 5.10 Å². The Bertz CT molecular complexity index is 621. The fourth-order valence-corrected chi connectivity index (χ4v) is 2.42.